The number of rotatable bonds is 6. The van der Waals surface area contributed by atoms with Crippen LogP contribution < -0.4 is 11.1 Å². The van der Waals surface area contributed by atoms with Crippen molar-refractivity contribution >= 4 is 17.7 Å². The molecule has 0 saturated heterocycles. The molecular formula is C12H22N6OS. The molecule has 0 aliphatic heterocycles. The molecule has 7 nitrogen and oxygen atoms in total. The average Bonchev–Trinajstić information content (AvgIpc) is 2.87. The Kier molecular flexibility index (Phi) is 5.78. The molecule has 20 heavy (non-hydrogen) atoms. The summed E-state index contributed by atoms with van der Waals surface area (Å²) in [5.74, 6) is 0.963. The van der Waals surface area contributed by atoms with Crippen LogP contribution in [0.5, 0.6) is 0 Å². The maximum Gasteiger partial charge on any atom is 0.230 e. The van der Waals surface area contributed by atoms with Gasteiger partial charge in [-0.05, 0) is 29.2 Å². The first-order valence-electron chi connectivity index (χ1n) is 7.09. The van der Waals surface area contributed by atoms with E-state index in [0.29, 0.717) is 36.0 Å². The Hall–Kier alpha value is -1.15. The molecule has 1 aliphatic rings. The summed E-state index contributed by atoms with van der Waals surface area (Å²) in [6.45, 7) is 3.25. The minimum Gasteiger partial charge on any atom is -0.352 e. The van der Waals surface area contributed by atoms with E-state index in [2.05, 4.69) is 27.8 Å². The number of thioether (sulfide) groups is 1. The minimum absolute atomic E-state index is 0.0519. The molecule has 1 aliphatic carbocycles. The summed E-state index contributed by atoms with van der Waals surface area (Å²) in [6.07, 6.45) is 4.77. The molecule has 2 atom stereocenters. The third-order valence-corrected chi connectivity index (χ3v) is 4.59. The van der Waals surface area contributed by atoms with Crippen molar-refractivity contribution in [2.45, 2.75) is 50.4 Å². The first-order valence-corrected chi connectivity index (χ1v) is 8.07. The van der Waals surface area contributed by atoms with Gasteiger partial charge in [0.15, 0.2) is 0 Å². The van der Waals surface area contributed by atoms with Crippen molar-refractivity contribution in [3.05, 3.63) is 0 Å². The number of hydrogen-bond acceptors (Lipinski definition) is 6. The highest BCUT2D eigenvalue weighted by Gasteiger charge is 2.22. The lowest BCUT2D eigenvalue weighted by molar-refractivity contribution is -0.119. The van der Waals surface area contributed by atoms with Crippen LogP contribution in [-0.2, 0) is 11.3 Å². The monoisotopic (exact) mass is 298 g/mol. The van der Waals surface area contributed by atoms with E-state index >= 15 is 0 Å². The molecule has 1 saturated carbocycles. The van der Waals surface area contributed by atoms with Crippen LogP contribution in [0.15, 0.2) is 5.16 Å². The van der Waals surface area contributed by atoms with Gasteiger partial charge in [-0.2, -0.15) is 0 Å². The molecule has 0 radical (unpaired) electrons. The van der Waals surface area contributed by atoms with Gasteiger partial charge < -0.3 is 11.1 Å². The number of nitrogens with two attached hydrogens (primary N) is 1. The van der Waals surface area contributed by atoms with Crippen LogP contribution in [0.2, 0.25) is 0 Å². The number of nitrogens with zero attached hydrogens (tertiary/aromatic N) is 4. The zero-order valence-corrected chi connectivity index (χ0v) is 12.6. The SMILES string of the molecule is CC1CCCCC1NC(=O)CSc1nnnn1CCN. The lowest BCUT2D eigenvalue weighted by atomic mass is 9.86. The molecule has 1 aromatic rings. The summed E-state index contributed by atoms with van der Waals surface area (Å²) in [5.41, 5.74) is 5.48. The molecular weight excluding hydrogens is 276 g/mol. The highest BCUT2D eigenvalue weighted by molar-refractivity contribution is 7.99. The number of tetrazole rings is 1. The van der Waals surface area contributed by atoms with Crippen LogP contribution in [0.1, 0.15) is 32.6 Å². The van der Waals surface area contributed by atoms with Crippen LogP contribution >= 0.6 is 11.8 Å². The first-order chi connectivity index (χ1) is 9.70. The normalized spacial score (nSPS) is 22.7. The van der Waals surface area contributed by atoms with Crippen molar-refractivity contribution in [2.75, 3.05) is 12.3 Å². The van der Waals surface area contributed by atoms with E-state index in [1.54, 1.807) is 4.68 Å². The molecule has 112 valence electrons. The Bertz CT molecular complexity index is 437. The van der Waals surface area contributed by atoms with Gasteiger partial charge in [-0.3, -0.25) is 4.79 Å². The molecule has 3 N–H and O–H groups in total. The predicted molar refractivity (Wildman–Crippen MR) is 77.2 cm³/mol. The summed E-state index contributed by atoms with van der Waals surface area (Å²) in [6, 6.07) is 0.317. The Morgan fingerprint density at radius 2 is 2.30 bits per heavy atom. The summed E-state index contributed by atoms with van der Waals surface area (Å²) in [7, 11) is 0. The second kappa shape index (κ2) is 7.58. The summed E-state index contributed by atoms with van der Waals surface area (Å²) < 4.78 is 1.63. The zero-order chi connectivity index (χ0) is 14.4. The maximum absolute atomic E-state index is 12.0. The van der Waals surface area contributed by atoms with Gasteiger partial charge in [-0.1, -0.05) is 31.5 Å². The van der Waals surface area contributed by atoms with Gasteiger partial charge >= 0.3 is 0 Å². The van der Waals surface area contributed by atoms with E-state index in [1.807, 2.05) is 0 Å². The topological polar surface area (TPSA) is 98.7 Å². The number of hydrogen-bond donors (Lipinski definition) is 2. The van der Waals surface area contributed by atoms with Crippen molar-refractivity contribution < 1.29 is 4.79 Å². The largest absolute Gasteiger partial charge is 0.352 e. The molecule has 0 spiro atoms. The quantitative estimate of drug-likeness (QED) is 0.738. The van der Waals surface area contributed by atoms with Crippen LogP contribution in [-0.4, -0.2) is 44.5 Å². The van der Waals surface area contributed by atoms with Crippen molar-refractivity contribution in [3.8, 4) is 0 Å². The fraction of sp³-hybridized carbons (Fsp3) is 0.833. The van der Waals surface area contributed by atoms with Gasteiger partial charge in [0.2, 0.25) is 11.1 Å². The van der Waals surface area contributed by atoms with Crippen LogP contribution in [0, 0.1) is 5.92 Å². The van der Waals surface area contributed by atoms with Gasteiger partial charge in [0.1, 0.15) is 0 Å². The van der Waals surface area contributed by atoms with Crippen molar-refractivity contribution in [3.63, 3.8) is 0 Å². The Morgan fingerprint density at radius 3 is 3.05 bits per heavy atom. The molecule has 1 fully saturated rings. The molecule has 8 heteroatoms. The Labute approximate surface area is 123 Å². The second-order valence-corrected chi connectivity index (χ2v) is 6.14. The number of aromatic nitrogens is 4. The standard InChI is InChI=1S/C12H22N6OS/c1-9-4-2-3-5-10(9)14-11(19)8-20-12-15-16-17-18(12)7-6-13/h9-10H,2-8,13H2,1H3,(H,14,19). The van der Waals surface area contributed by atoms with E-state index in [9.17, 15) is 4.79 Å². The van der Waals surface area contributed by atoms with Crippen LogP contribution in [0.4, 0.5) is 0 Å². The fourth-order valence-electron chi connectivity index (χ4n) is 2.47. The van der Waals surface area contributed by atoms with E-state index < -0.39 is 0 Å². The highest BCUT2D eigenvalue weighted by Crippen LogP contribution is 2.24. The van der Waals surface area contributed by atoms with E-state index in [-0.39, 0.29) is 5.91 Å². The van der Waals surface area contributed by atoms with E-state index in [0.717, 1.165) is 6.42 Å². The number of carbonyl (C=O) groups is 1. The summed E-state index contributed by atoms with van der Waals surface area (Å²) in [5, 5.41) is 15.1. The molecule has 2 unspecified atom stereocenters. The van der Waals surface area contributed by atoms with E-state index in [4.69, 9.17) is 5.73 Å². The first kappa shape index (κ1) is 15.2. The smallest absolute Gasteiger partial charge is 0.230 e. The zero-order valence-electron chi connectivity index (χ0n) is 11.8. The van der Waals surface area contributed by atoms with E-state index in [1.165, 1.54) is 31.0 Å². The third-order valence-electron chi connectivity index (χ3n) is 3.63. The average molecular weight is 298 g/mol. The van der Waals surface area contributed by atoms with Gasteiger partial charge in [-0.15, -0.1) is 5.10 Å². The molecule has 1 aromatic heterocycles. The van der Waals surface area contributed by atoms with Crippen molar-refractivity contribution in [1.82, 2.24) is 25.5 Å². The molecule has 1 heterocycles. The van der Waals surface area contributed by atoms with Crippen LogP contribution in [0.25, 0.3) is 0 Å². The fourth-order valence-corrected chi connectivity index (χ4v) is 3.19. The van der Waals surface area contributed by atoms with Gasteiger partial charge in [0.05, 0.1) is 12.3 Å². The summed E-state index contributed by atoms with van der Waals surface area (Å²) in [4.78, 5) is 12.0. The van der Waals surface area contributed by atoms with Crippen molar-refractivity contribution in [2.24, 2.45) is 11.7 Å². The number of amides is 1. The maximum atomic E-state index is 12.0. The van der Waals surface area contributed by atoms with Gasteiger partial charge in [0.25, 0.3) is 0 Å². The summed E-state index contributed by atoms with van der Waals surface area (Å²) >= 11 is 1.35. The number of carbonyl (C=O) groups excluding carboxylic acids is 1. The third kappa shape index (κ3) is 4.17. The highest BCUT2D eigenvalue weighted by atomic mass is 32.2. The lowest BCUT2D eigenvalue weighted by Gasteiger charge is -2.29. The molecule has 2 rings (SSSR count). The minimum atomic E-state index is 0.0519. The number of nitrogens with one attached hydrogen (secondary N) is 1. The predicted octanol–water partition coefficient (Wildman–Crippen LogP) is 0.419. The van der Waals surface area contributed by atoms with Gasteiger partial charge in [-0.25, -0.2) is 4.68 Å². The van der Waals surface area contributed by atoms with Gasteiger partial charge in [0, 0.05) is 12.6 Å². The van der Waals surface area contributed by atoms with Crippen molar-refractivity contribution in [1.29, 1.82) is 0 Å². The van der Waals surface area contributed by atoms with Crippen LogP contribution in [0.3, 0.4) is 0 Å². The Balaban J connectivity index is 1.78. The Morgan fingerprint density at radius 1 is 1.50 bits per heavy atom. The second-order valence-electron chi connectivity index (χ2n) is 5.20. The molecule has 1 amide bonds. The lowest BCUT2D eigenvalue weighted by Crippen LogP contribution is -2.41. The molecule has 0 bridgehead atoms. The molecule has 0 aromatic carbocycles.